The van der Waals surface area contributed by atoms with Crippen molar-refractivity contribution in [3.8, 4) is 0 Å². The van der Waals surface area contributed by atoms with Crippen molar-refractivity contribution in [3.63, 3.8) is 0 Å². The third-order valence-corrected chi connectivity index (χ3v) is 9.82. The molecule has 0 unspecified atom stereocenters. The van der Waals surface area contributed by atoms with E-state index >= 15 is 0 Å². The lowest BCUT2D eigenvalue weighted by Crippen LogP contribution is -2.50. The molecule has 0 N–H and O–H groups in total. The Morgan fingerprint density at radius 1 is 0.674 bits per heavy atom. The minimum Gasteiger partial charge on any atom is -0.368 e. The van der Waals surface area contributed by atoms with Gasteiger partial charge >= 0.3 is 0 Å². The largest absolute Gasteiger partial charge is 0.368 e. The zero-order chi connectivity index (χ0) is 32.9. The average Bonchev–Trinajstić information content (AvgIpc) is 3.05. The molecule has 244 valence electrons. The van der Waals surface area contributed by atoms with Gasteiger partial charge in [0.25, 0.3) is 23.6 Å². The van der Waals surface area contributed by atoms with Crippen molar-refractivity contribution >= 4 is 51.7 Å². The Balaban J connectivity index is 1.59. The molecular weight excluding hydrogens is 584 g/mol. The standard InChI is InChI=1S/C35H44N6O5/c1-6-8-10-40-33(44)24-21-26(38-16-18-39(19-17-38)31(42)22(3)4)30-28-23(32(43)41(35(30)46)11-9-7-2)20-25(29(27(24)28)34(40)45)37-14-12-36(5)13-15-37/h20-21H,3,6-19H2,1-2,4-5H3. The highest BCUT2D eigenvalue weighted by Crippen LogP contribution is 2.46. The number of unbranched alkanes of at least 4 members (excludes halogenated alkanes) is 2. The Morgan fingerprint density at radius 3 is 1.48 bits per heavy atom. The van der Waals surface area contributed by atoms with Crippen molar-refractivity contribution < 1.29 is 24.0 Å². The lowest BCUT2D eigenvalue weighted by atomic mass is 9.83. The van der Waals surface area contributed by atoms with Crippen molar-refractivity contribution in [2.45, 2.75) is 46.5 Å². The normalized spacial score (nSPS) is 18.7. The number of hydrogen-bond acceptors (Lipinski definition) is 8. The molecule has 2 saturated heterocycles. The Kier molecular flexibility index (Phi) is 8.62. The van der Waals surface area contributed by atoms with Gasteiger partial charge in [-0.2, -0.15) is 0 Å². The summed E-state index contributed by atoms with van der Waals surface area (Å²) in [5, 5.41) is 0.821. The molecule has 4 aliphatic heterocycles. The van der Waals surface area contributed by atoms with Gasteiger partial charge in [0.2, 0.25) is 5.91 Å². The van der Waals surface area contributed by atoms with Gasteiger partial charge in [-0.05, 0) is 38.9 Å². The summed E-state index contributed by atoms with van der Waals surface area (Å²) in [5.41, 5.74) is 3.16. The van der Waals surface area contributed by atoms with E-state index in [9.17, 15) is 24.0 Å². The highest BCUT2D eigenvalue weighted by atomic mass is 16.2. The first-order valence-corrected chi connectivity index (χ1v) is 16.6. The number of imide groups is 2. The molecule has 2 aromatic carbocycles. The summed E-state index contributed by atoms with van der Waals surface area (Å²) in [6.07, 6.45) is 2.96. The first-order valence-electron chi connectivity index (χ1n) is 16.6. The Bertz CT molecular complexity index is 1650. The number of anilines is 2. The van der Waals surface area contributed by atoms with Gasteiger partial charge in [-0.1, -0.05) is 33.3 Å². The van der Waals surface area contributed by atoms with E-state index in [1.54, 1.807) is 17.9 Å². The number of hydrogen-bond donors (Lipinski definition) is 0. The minimum absolute atomic E-state index is 0.106. The number of rotatable bonds is 9. The van der Waals surface area contributed by atoms with Gasteiger partial charge in [-0.15, -0.1) is 0 Å². The molecule has 0 atom stereocenters. The maximum atomic E-state index is 14.4. The summed E-state index contributed by atoms with van der Waals surface area (Å²) in [4.78, 5) is 80.6. The molecule has 4 aliphatic rings. The van der Waals surface area contributed by atoms with Gasteiger partial charge in [0.15, 0.2) is 0 Å². The van der Waals surface area contributed by atoms with E-state index in [0.717, 1.165) is 25.9 Å². The summed E-state index contributed by atoms with van der Waals surface area (Å²) < 4.78 is 0. The monoisotopic (exact) mass is 628 g/mol. The predicted molar refractivity (Wildman–Crippen MR) is 178 cm³/mol. The SMILES string of the molecule is C=C(C)C(=O)N1CCN(c2cc3c4c(c(N5CCN(C)CC5)cc5c4c2C(=O)N(CCCC)C5=O)C(=O)N(CCCC)C3=O)CC1. The van der Waals surface area contributed by atoms with Gasteiger partial charge < -0.3 is 19.6 Å². The van der Waals surface area contributed by atoms with Crippen LogP contribution in [0.1, 0.15) is 87.9 Å². The highest BCUT2D eigenvalue weighted by Gasteiger charge is 2.44. The molecule has 6 rings (SSSR count). The molecular formula is C35H44N6O5. The molecule has 0 spiro atoms. The number of carbonyl (C=O) groups excluding carboxylic acids is 5. The van der Waals surface area contributed by atoms with Crippen LogP contribution >= 0.6 is 0 Å². The second kappa shape index (κ2) is 12.5. The molecule has 2 fully saturated rings. The third kappa shape index (κ3) is 5.14. The fraction of sp³-hybridized carbons (Fsp3) is 0.514. The fourth-order valence-electron chi connectivity index (χ4n) is 7.13. The van der Waals surface area contributed by atoms with E-state index in [2.05, 4.69) is 23.4 Å². The molecule has 2 aromatic rings. The summed E-state index contributed by atoms with van der Waals surface area (Å²) in [6, 6.07) is 3.58. The van der Waals surface area contributed by atoms with Gasteiger partial charge in [0.1, 0.15) is 0 Å². The van der Waals surface area contributed by atoms with Crippen LogP contribution in [0.4, 0.5) is 11.4 Å². The van der Waals surface area contributed by atoms with Crippen LogP contribution in [0.2, 0.25) is 0 Å². The summed E-state index contributed by atoms with van der Waals surface area (Å²) in [6.45, 7) is 14.8. The van der Waals surface area contributed by atoms with E-state index in [1.165, 1.54) is 9.80 Å². The Morgan fingerprint density at radius 2 is 1.09 bits per heavy atom. The molecule has 0 radical (unpaired) electrons. The van der Waals surface area contributed by atoms with Gasteiger partial charge in [0, 0.05) is 81.8 Å². The summed E-state index contributed by atoms with van der Waals surface area (Å²) >= 11 is 0. The highest BCUT2D eigenvalue weighted by molar-refractivity contribution is 6.36. The predicted octanol–water partition coefficient (Wildman–Crippen LogP) is 3.61. The van der Waals surface area contributed by atoms with Crippen molar-refractivity contribution in [1.82, 2.24) is 19.6 Å². The van der Waals surface area contributed by atoms with Crippen LogP contribution in [0.25, 0.3) is 10.8 Å². The first-order chi connectivity index (χ1) is 22.1. The maximum absolute atomic E-state index is 14.4. The number of nitrogens with zero attached hydrogens (tertiary/aromatic N) is 6. The van der Waals surface area contributed by atoms with Crippen LogP contribution in [0.5, 0.6) is 0 Å². The van der Waals surface area contributed by atoms with Crippen molar-refractivity contribution in [2.24, 2.45) is 0 Å². The number of piperazine rings is 2. The molecule has 0 saturated carbocycles. The molecule has 11 nitrogen and oxygen atoms in total. The van der Waals surface area contributed by atoms with Crippen LogP contribution in [0, 0.1) is 0 Å². The topological polar surface area (TPSA) is 105 Å². The lowest BCUT2D eigenvalue weighted by molar-refractivity contribution is -0.127. The van der Waals surface area contributed by atoms with E-state index in [-0.39, 0.29) is 24.3 Å². The average molecular weight is 629 g/mol. The Hall–Kier alpha value is -4.25. The first kappa shape index (κ1) is 31.7. The van der Waals surface area contributed by atoms with Crippen molar-refractivity contribution in [1.29, 1.82) is 0 Å². The zero-order valence-electron chi connectivity index (χ0n) is 27.5. The minimum atomic E-state index is -0.403. The van der Waals surface area contributed by atoms with Crippen molar-refractivity contribution in [2.75, 3.05) is 82.3 Å². The Labute approximate surface area is 270 Å². The van der Waals surface area contributed by atoms with Crippen LogP contribution < -0.4 is 9.80 Å². The quantitative estimate of drug-likeness (QED) is 0.307. The molecule has 46 heavy (non-hydrogen) atoms. The van der Waals surface area contributed by atoms with Gasteiger partial charge in [-0.3, -0.25) is 33.8 Å². The number of likely N-dealkylation sites (N-methyl/N-ethyl adjacent to an activating group) is 1. The summed E-state index contributed by atoms with van der Waals surface area (Å²) in [5.74, 6) is -1.67. The third-order valence-electron chi connectivity index (χ3n) is 9.82. The smallest absolute Gasteiger partial charge is 0.263 e. The maximum Gasteiger partial charge on any atom is 0.263 e. The summed E-state index contributed by atoms with van der Waals surface area (Å²) in [7, 11) is 2.06. The van der Waals surface area contributed by atoms with Crippen LogP contribution in [-0.4, -0.2) is 122 Å². The second-order valence-electron chi connectivity index (χ2n) is 13.0. The molecule has 11 heteroatoms. The van der Waals surface area contributed by atoms with E-state index in [4.69, 9.17) is 0 Å². The number of benzene rings is 2. The van der Waals surface area contributed by atoms with Gasteiger partial charge in [-0.25, -0.2) is 0 Å². The number of amides is 5. The lowest BCUT2D eigenvalue weighted by Gasteiger charge is -2.41. The van der Waals surface area contributed by atoms with E-state index in [1.807, 2.05) is 24.8 Å². The van der Waals surface area contributed by atoms with Crippen LogP contribution in [-0.2, 0) is 4.79 Å². The fourth-order valence-corrected chi connectivity index (χ4v) is 7.13. The van der Waals surface area contributed by atoms with E-state index in [0.29, 0.717) is 109 Å². The van der Waals surface area contributed by atoms with Crippen molar-refractivity contribution in [3.05, 3.63) is 46.5 Å². The molecule has 0 bridgehead atoms. The second-order valence-corrected chi connectivity index (χ2v) is 13.0. The zero-order valence-corrected chi connectivity index (χ0v) is 27.5. The number of carbonyl (C=O) groups is 5. The van der Waals surface area contributed by atoms with Gasteiger partial charge in [0.05, 0.1) is 33.6 Å². The molecule has 0 aromatic heterocycles. The molecule has 5 amide bonds. The van der Waals surface area contributed by atoms with E-state index < -0.39 is 11.8 Å². The molecule has 4 heterocycles. The van der Waals surface area contributed by atoms with Crippen LogP contribution in [0.15, 0.2) is 24.3 Å². The molecule has 0 aliphatic carbocycles. The van der Waals surface area contributed by atoms with Crippen LogP contribution in [0.3, 0.4) is 0 Å².